The van der Waals surface area contributed by atoms with Crippen LogP contribution in [0.2, 0.25) is 0 Å². The predicted molar refractivity (Wildman–Crippen MR) is 135 cm³/mol. The maximum absolute atomic E-state index is 15.6. The smallest absolute Gasteiger partial charge is 0.245 e. The molecule has 0 unspecified atom stereocenters. The molecule has 2 saturated heterocycles. The molecule has 2 aliphatic heterocycles. The molecule has 2 N–H and O–H groups in total. The number of piperidine rings is 2. The summed E-state index contributed by atoms with van der Waals surface area (Å²) < 4.78 is 35.0. The van der Waals surface area contributed by atoms with Gasteiger partial charge in [-0.25, -0.2) is 18.7 Å². The van der Waals surface area contributed by atoms with Gasteiger partial charge in [0.15, 0.2) is 0 Å². The molecule has 1 saturated carbocycles. The fraction of sp³-hybridized carbons (Fsp3) is 0.481. The molecule has 0 amide bonds. The van der Waals surface area contributed by atoms with Crippen molar-refractivity contribution in [3.05, 3.63) is 42.5 Å². The van der Waals surface area contributed by atoms with E-state index in [9.17, 15) is 9.50 Å². The highest BCUT2D eigenvalue weighted by atomic mass is 19.1. The number of aromatic hydroxyl groups is 1. The second-order valence-corrected chi connectivity index (χ2v) is 10.6. The average molecular weight is 509 g/mol. The fourth-order valence-corrected chi connectivity index (χ4v) is 5.91. The van der Waals surface area contributed by atoms with Crippen LogP contribution in [-0.2, 0) is 0 Å². The van der Waals surface area contributed by atoms with Gasteiger partial charge >= 0.3 is 0 Å². The molecule has 8 nitrogen and oxygen atoms in total. The first kappa shape index (κ1) is 24.0. The third-order valence-electron chi connectivity index (χ3n) is 7.89. The fourth-order valence-electron chi connectivity index (χ4n) is 5.91. The van der Waals surface area contributed by atoms with Gasteiger partial charge in [-0.1, -0.05) is 6.07 Å². The molecule has 10 heteroatoms. The maximum Gasteiger partial charge on any atom is 0.245 e. The number of ether oxygens (including phenoxy) is 1. The molecule has 3 aliphatic rings. The van der Waals surface area contributed by atoms with E-state index in [2.05, 4.69) is 32.4 Å². The van der Waals surface area contributed by atoms with Crippen LogP contribution in [0.1, 0.15) is 45.4 Å². The second-order valence-electron chi connectivity index (χ2n) is 10.6. The minimum atomic E-state index is -0.999. The van der Waals surface area contributed by atoms with E-state index in [1.807, 2.05) is 4.90 Å². The third kappa shape index (κ3) is 4.47. The van der Waals surface area contributed by atoms with Crippen molar-refractivity contribution in [2.45, 2.75) is 75.3 Å². The third-order valence-corrected chi connectivity index (χ3v) is 7.89. The van der Waals surface area contributed by atoms with E-state index < -0.39 is 12.0 Å². The minimum Gasteiger partial charge on any atom is -0.507 e. The molecule has 2 bridgehead atoms. The number of nitrogens with zero attached hydrogens (tertiary/aromatic N) is 5. The Morgan fingerprint density at radius 1 is 1.11 bits per heavy atom. The zero-order chi connectivity index (χ0) is 25.7. The minimum absolute atomic E-state index is 0.0808. The summed E-state index contributed by atoms with van der Waals surface area (Å²) >= 11 is 0. The number of anilines is 1. The molecule has 3 aromatic rings. The summed E-state index contributed by atoms with van der Waals surface area (Å²) in [7, 11) is 1.45. The highest BCUT2D eigenvalue weighted by molar-refractivity contribution is 5.74. The summed E-state index contributed by atoms with van der Waals surface area (Å²) in [5.74, 6) is 0.0803. The number of benzene rings is 1. The second kappa shape index (κ2) is 9.16. The van der Waals surface area contributed by atoms with Gasteiger partial charge in [0.1, 0.15) is 23.4 Å². The number of fused-ring (bicyclic) bond motifs is 2. The van der Waals surface area contributed by atoms with Crippen molar-refractivity contribution in [2.75, 3.05) is 12.0 Å². The first-order valence-electron chi connectivity index (χ1n) is 12.8. The zero-order valence-electron chi connectivity index (χ0n) is 20.9. The van der Waals surface area contributed by atoms with E-state index in [0.29, 0.717) is 29.2 Å². The number of methoxy groups -OCH3 is 1. The number of hydrogen-bond acceptors (Lipinski definition) is 8. The van der Waals surface area contributed by atoms with E-state index in [1.54, 1.807) is 18.3 Å². The Kier molecular flexibility index (Phi) is 5.94. The first-order chi connectivity index (χ1) is 17.8. The molecule has 1 aromatic carbocycles. The van der Waals surface area contributed by atoms with Crippen LogP contribution >= 0.6 is 0 Å². The number of alkyl halides is 1. The van der Waals surface area contributed by atoms with Gasteiger partial charge in [0, 0.05) is 34.8 Å². The molecular weight excluding hydrogens is 478 g/mol. The summed E-state index contributed by atoms with van der Waals surface area (Å²) in [5, 5.41) is 23.0. The lowest BCUT2D eigenvalue weighted by molar-refractivity contribution is 0.0582. The van der Waals surface area contributed by atoms with Crippen LogP contribution in [-0.4, -0.2) is 62.2 Å². The van der Waals surface area contributed by atoms with Crippen molar-refractivity contribution in [1.82, 2.24) is 25.5 Å². The summed E-state index contributed by atoms with van der Waals surface area (Å²) in [4.78, 5) is 10.5. The van der Waals surface area contributed by atoms with Gasteiger partial charge in [-0.2, -0.15) is 0 Å². The van der Waals surface area contributed by atoms with Crippen molar-refractivity contribution in [1.29, 1.82) is 0 Å². The van der Waals surface area contributed by atoms with Crippen molar-refractivity contribution < 1.29 is 18.6 Å². The lowest BCUT2D eigenvalue weighted by atomic mass is 9.74. The molecule has 37 heavy (non-hydrogen) atoms. The van der Waals surface area contributed by atoms with Gasteiger partial charge < -0.3 is 20.1 Å². The standard InChI is InChI=1S/C27H30F2N6O2/c1-27-9-3-4-20(32-27)25(29)22(12-27)35(16-6-7-16)26-31-14-21(33-34-26)17-8-5-15(10-23(17)36)18-11-24(37-2)30-13-19(18)28/h5,8,10-11,13-14,16,20,22,25,32,36H,3-4,6-7,9,12H2,1-2H3/t20-,22-,25+,27-/m0/s1. The van der Waals surface area contributed by atoms with Crippen LogP contribution in [0.25, 0.3) is 22.4 Å². The topological polar surface area (TPSA) is 96.3 Å². The van der Waals surface area contributed by atoms with Crippen molar-refractivity contribution >= 4 is 5.95 Å². The number of hydrogen-bond donors (Lipinski definition) is 2. The lowest BCUT2D eigenvalue weighted by Crippen LogP contribution is -2.67. The van der Waals surface area contributed by atoms with E-state index in [4.69, 9.17) is 4.74 Å². The monoisotopic (exact) mass is 508 g/mol. The van der Waals surface area contributed by atoms with E-state index in [0.717, 1.165) is 38.3 Å². The Morgan fingerprint density at radius 3 is 2.65 bits per heavy atom. The number of halogens is 2. The largest absolute Gasteiger partial charge is 0.507 e. The highest BCUT2D eigenvalue weighted by Crippen LogP contribution is 2.42. The Morgan fingerprint density at radius 2 is 1.95 bits per heavy atom. The number of nitrogens with one attached hydrogen (secondary N) is 1. The molecule has 2 aromatic heterocycles. The van der Waals surface area contributed by atoms with Gasteiger partial charge in [-0.15, -0.1) is 10.2 Å². The first-order valence-corrected chi connectivity index (χ1v) is 12.8. The molecule has 0 spiro atoms. The van der Waals surface area contributed by atoms with Crippen LogP contribution in [0.4, 0.5) is 14.7 Å². The summed E-state index contributed by atoms with van der Waals surface area (Å²) in [6.45, 7) is 2.19. The zero-order valence-corrected chi connectivity index (χ0v) is 20.9. The molecule has 194 valence electrons. The molecule has 4 heterocycles. The molecule has 6 rings (SSSR count). The number of pyridine rings is 1. The number of rotatable bonds is 6. The Balaban J connectivity index is 1.27. The van der Waals surface area contributed by atoms with Gasteiger partial charge in [0.2, 0.25) is 11.8 Å². The van der Waals surface area contributed by atoms with Crippen LogP contribution in [0, 0.1) is 5.82 Å². The van der Waals surface area contributed by atoms with Crippen LogP contribution in [0.15, 0.2) is 36.7 Å². The number of phenolic OH excluding ortho intramolecular Hbond substituents is 1. The maximum atomic E-state index is 15.6. The van der Waals surface area contributed by atoms with Crippen molar-refractivity contribution in [2.24, 2.45) is 0 Å². The Bertz CT molecular complexity index is 1300. The predicted octanol–water partition coefficient (Wildman–Crippen LogP) is 4.43. The number of phenols is 1. The van der Waals surface area contributed by atoms with Gasteiger partial charge in [0.25, 0.3) is 0 Å². The quantitative estimate of drug-likeness (QED) is 0.505. The van der Waals surface area contributed by atoms with E-state index in [1.165, 1.54) is 19.2 Å². The Labute approximate surface area is 214 Å². The molecule has 4 atom stereocenters. The summed E-state index contributed by atoms with van der Waals surface area (Å²) in [6.07, 6.45) is 7.23. The SMILES string of the molecule is COc1cc(-c2ccc(-c3cnc(N(C4CC4)[C@H]4C[C@]5(C)CCC[C@H](N5)[C@H]4F)nn3)c(O)c2)c(F)cn1. The average Bonchev–Trinajstić information content (AvgIpc) is 3.73. The number of aromatic nitrogens is 4. The summed E-state index contributed by atoms with van der Waals surface area (Å²) in [5.41, 5.74) is 1.44. The molecule has 1 aliphatic carbocycles. The normalized spacial score (nSPS) is 27.1. The van der Waals surface area contributed by atoms with Crippen molar-refractivity contribution in [3.8, 4) is 34.0 Å². The molecule has 0 radical (unpaired) electrons. The van der Waals surface area contributed by atoms with Gasteiger partial charge in [-0.05, 0) is 63.1 Å². The van der Waals surface area contributed by atoms with E-state index >= 15 is 4.39 Å². The summed E-state index contributed by atoms with van der Waals surface area (Å²) in [6, 6.07) is 6.04. The Hall–Kier alpha value is -3.40. The highest BCUT2D eigenvalue weighted by Gasteiger charge is 2.50. The molecule has 3 fully saturated rings. The van der Waals surface area contributed by atoms with Gasteiger partial charge in [0.05, 0.1) is 25.5 Å². The van der Waals surface area contributed by atoms with E-state index in [-0.39, 0.29) is 40.9 Å². The molecular formula is C27H30F2N6O2. The van der Waals surface area contributed by atoms with Crippen LogP contribution in [0.3, 0.4) is 0 Å². The van der Waals surface area contributed by atoms with Gasteiger partial charge in [-0.3, -0.25) is 0 Å². The lowest BCUT2D eigenvalue weighted by Gasteiger charge is -2.52. The van der Waals surface area contributed by atoms with Crippen LogP contribution in [0.5, 0.6) is 11.6 Å². The van der Waals surface area contributed by atoms with Crippen LogP contribution < -0.4 is 15.0 Å². The van der Waals surface area contributed by atoms with Crippen molar-refractivity contribution in [3.63, 3.8) is 0 Å².